The molecule has 1 saturated heterocycles. The Kier molecular flexibility index (Phi) is 4.72. The van der Waals surface area contributed by atoms with Crippen molar-refractivity contribution in [3.8, 4) is 0 Å². The quantitative estimate of drug-likeness (QED) is 0.866. The molecule has 1 heterocycles. The number of carboxylic acids is 1. The first kappa shape index (κ1) is 16.8. The Morgan fingerprint density at radius 3 is 2.25 bits per heavy atom. The van der Waals surface area contributed by atoms with E-state index < -0.39 is 11.4 Å². The number of hydrogen-bond donors (Lipinski definition) is 1. The molecule has 1 aliphatic heterocycles. The predicted octanol–water partition coefficient (Wildman–Crippen LogP) is 2.52. The van der Waals surface area contributed by atoms with Crippen LogP contribution < -0.4 is 0 Å². The molecule has 5 heteroatoms. The van der Waals surface area contributed by atoms with Crippen LogP contribution in [-0.2, 0) is 4.79 Å². The minimum Gasteiger partial charge on any atom is -0.481 e. The summed E-state index contributed by atoms with van der Waals surface area (Å²) in [5.41, 5.74) is -0.760. The van der Waals surface area contributed by atoms with Crippen molar-refractivity contribution in [2.24, 2.45) is 16.7 Å². The maximum atomic E-state index is 12.4. The van der Waals surface area contributed by atoms with E-state index in [9.17, 15) is 14.7 Å². The molecule has 0 saturated carbocycles. The van der Waals surface area contributed by atoms with Gasteiger partial charge < -0.3 is 14.9 Å². The molecule has 20 heavy (non-hydrogen) atoms. The lowest BCUT2D eigenvalue weighted by atomic mass is 9.76. The average Bonchev–Trinajstić information content (AvgIpc) is 2.71. The molecule has 0 bridgehead atoms. The molecule has 116 valence electrons. The van der Waals surface area contributed by atoms with Crippen LogP contribution in [-0.4, -0.2) is 53.6 Å². The van der Waals surface area contributed by atoms with Crippen molar-refractivity contribution in [1.82, 2.24) is 9.80 Å². The zero-order valence-electron chi connectivity index (χ0n) is 13.6. The van der Waals surface area contributed by atoms with Gasteiger partial charge in [0.25, 0.3) is 0 Å². The van der Waals surface area contributed by atoms with Crippen LogP contribution in [0.25, 0.3) is 0 Å². The van der Waals surface area contributed by atoms with Gasteiger partial charge in [0, 0.05) is 26.7 Å². The number of urea groups is 1. The minimum absolute atomic E-state index is 0.0192. The van der Waals surface area contributed by atoms with Gasteiger partial charge in [0.1, 0.15) is 0 Å². The summed E-state index contributed by atoms with van der Waals surface area (Å²) in [4.78, 5) is 27.4. The zero-order chi connectivity index (χ0) is 15.7. The van der Waals surface area contributed by atoms with Gasteiger partial charge in [-0.05, 0) is 17.8 Å². The maximum Gasteiger partial charge on any atom is 0.319 e. The number of rotatable bonds is 3. The van der Waals surface area contributed by atoms with Gasteiger partial charge in [-0.3, -0.25) is 4.79 Å². The molecular formula is C15H28N2O3. The Labute approximate surface area is 121 Å². The van der Waals surface area contributed by atoms with Crippen molar-refractivity contribution >= 4 is 12.0 Å². The molecule has 1 atom stereocenters. The summed E-state index contributed by atoms with van der Waals surface area (Å²) in [6.07, 6.45) is 0.537. The minimum atomic E-state index is -0.793. The molecule has 0 aliphatic carbocycles. The Balaban J connectivity index is 2.77. The molecule has 0 radical (unpaired) electrons. The van der Waals surface area contributed by atoms with Gasteiger partial charge in [0.05, 0.1) is 5.41 Å². The van der Waals surface area contributed by atoms with Crippen LogP contribution in [0.1, 0.15) is 41.0 Å². The highest BCUT2D eigenvalue weighted by molar-refractivity contribution is 5.80. The number of aliphatic carboxylic acids is 1. The third-order valence-corrected chi connectivity index (χ3v) is 4.14. The Morgan fingerprint density at radius 1 is 1.35 bits per heavy atom. The molecule has 0 spiro atoms. The number of carbonyl (C=O) groups is 2. The second kappa shape index (κ2) is 5.62. The van der Waals surface area contributed by atoms with Crippen LogP contribution in [0, 0.1) is 16.7 Å². The molecule has 1 fully saturated rings. The summed E-state index contributed by atoms with van der Waals surface area (Å²) in [5, 5.41) is 9.51. The van der Waals surface area contributed by atoms with Gasteiger partial charge in [-0.1, -0.05) is 34.6 Å². The van der Waals surface area contributed by atoms with Crippen LogP contribution in [0.2, 0.25) is 0 Å². The molecule has 1 rings (SSSR count). The highest BCUT2D eigenvalue weighted by Crippen LogP contribution is 2.38. The lowest BCUT2D eigenvalue weighted by Gasteiger charge is -2.32. The van der Waals surface area contributed by atoms with Crippen molar-refractivity contribution in [2.45, 2.75) is 41.0 Å². The SMILES string of the molecule is CC(C)C1(C(=O)O)CCN(C(=O)N(C)CC(C)(C)C)C1. The Morgan fingerprint density at radius 2 is 1.90 bits per heavy atom. The number of likely N-dealkylation sites (tertiary alicyclic amines) is 1. The van der Waals surface area contributed by atoms with E-state index in [0.29, 0.717) is 26.1 Å². The van der Waals surface area contributed by atoms with E-state index in [2.05, 4.69) is 20.8 Å². The molecule has 1 unspecified atom stereocenters. The fourth-order valence-electron chi connectivity index (χ4n) is 2.91. The zero-order valence-corrected chi connectivity index (χ0v) is 13.6. The van der Waals surface area contributed by atoms with E-state index in [1.54, 1.807) is 16.8 Å². The number of carboxylic acid groups (broad SMARTS) is 1. The van der Waals surface area contributed by atoms with Gasteiger partial charge in [0.15, 0.2) is 0 Å². The highest BCUT2D eigenvalue weighted by Gasteiger charge is 2.48. The van der Waals surface area contributed by atoms with Gasteiger partial charge in [-0.25, -0.2) is 4.79 Å². The second-order valence-electron chi connectivity index (χ2n) is 7.49. The summed E-state index contributed by atoms with van der Waals surface area (Å²) in [6, 6.07) is -0.0660. The predicted molar refractivity (Wildman–Crippen MR) is 78.6 cm³/mol. The summed E-state index contributed by atoms with van der Waals surface area (Å²) >= 11 is 0. The van der Waals surface area contributed by atoms with Gasteiger partial charge in [0.2, 0.25) is 0 Å². The number of carbonyl (C=O) groups excluding carboxylic acids is 1. The summed E-state index contributed by atoms with van der Waals surface area (Å²) in [7, 11) is 1.78. The van der Waals surface area contributed by atoms with Gasteiger partial charge in [-0.15, -0.1) is 0 Å². The largest absolute Gasteiger partial charge is 0.481 e. The number of hydrogen-bond acceptors (Lipinski definition) is 2. The monoisotopic (exact) mass is 284 g/mol. The fraction of sp³-hybridized carbons (Fsp3) is 0.867. The highest BCUT2D eigenvalue weighted by atomic mass is 16.4. The Hall–Kier alpha value is -1.26. The van der Waals surface area contributed by atoms with E-state index in [4.69, 9.17) is 0 Å². The fourth-order valence-corrected chi connectivity index (χ4v) is 2.91. The van der Waals surface area contributed by atoms with E-state index >= 15 is 0 Å². The lowest BCUT2D eigenvalue weighted by Crippen LogP contribution is -2.46. The first-order chi connectivity index (χ1) is 8.99. The molecule has 0 aromatic rings. The molecule has 2 amide bonds. The molecule has 0 aromatic carbocycles. The second-order valence-corrected chi connectivity index (χ2v) is 7.49. The van der Waals surface area contributed by atoms with Crippen molar-refractivity contribution in [3.05, 3.63) is 0 Å². The van der Waals surface area contributed by atoms with Crippen molar-refractivity contribution in [2.75, 3.05) is 26.7 Å². The number of amides is 2. The van der Waals surface area contributed by atoms with Gasteiger partial charge in [-0.2, -0.15) is 0 Å². The van der Waals surface area contributed by atoms with Crippen molar-refractivity contribution in [1.29, 1.82) is 0 Å². The average molecular weight is 284 g/mol. The van der Waals surface area contributed by atoms with Gasteiger partial charge >= 0.3 is 12.0 Å². The lowest BCUT2D eigenvalue weighted by molar-refractivity contribution is -0.150. The molecular weight excluding hydrogens is 256 g/mol. The van der Waals surface area contributed by atoms with E-state index in [0.717, 1.165) is 0 Å². The summed E-state index contributed by atoms with van der Waals surface area (Å²) in [5.74, 6) is -0.771. The third kappa shape index (κ3) is 3.44. The smallest absolute Gasteiger partial charge is 0.319 e. The first-order valence-electron chi connectivity index (χ1n) is 7.23. The van der Waals surface area contributed by atoms with Crippen LogP contribution in [0.5, 0.6) is 0 Å². The molecule has 1 N–H and O–H groups in total. The Bertz CT molecular complexity index is 387. The maximum absolute atomic E-state index is 12.4. The van der Waals surface area contributed by atoms with E-state index in [1.807, 2.05) is 13.8 Å². The molecule has 0 aromatic heterocycles. The van der Waals surface area contributed by atoms with Crippen molar-refractivity contribution < 1.29 is 14.7 Å². The van der Waals surface area contributed by atoms with E-state index in [-0.39, 0.29) is 17.4 Å². The van der Waals surface area contributed by atoms with Crippen molar-refractivity contribution in [3.63, 3.8) is 0 Å². The van der Waals surface area contributed by atoms with Crippen LogP contribution in [0.4, 0.5) is 4.79 Å². The van der Waals surface area contributed by atoms with Crippen LogP contribution in [0.3, 0.4) is 0 Å². The third-order valence-electron chi connectivity index (χ3n) is 4.14. The molecule has 1 aliphatic rings. The molecule has 5 nitrogen and oxygen atoms in total. The summed E-state index contributed by atoms with van der Waals surface area (Å²) < 4.78 is 0. The number of nitrogens with zero attached hydrogens (tertiary/aromatic N) is 2. The topological polar surface area (TPSA) is 60.9 Å². The normalized spacial score (nSPS) is 23.2. The van der Waals surface area contributed by atoms with E-state index in [1.165, 1.54) is 0 Å². The standard InChI is InChI=1S/C15H28N2O3/c1-11(2)15(12(18)19)7-8-17(10-15)13(20)16(6)9-14(3,4)5/h11H,7-10H2,1-6H3,(H,18,19). The first-order valence-corrected chi connectivity index (χ1v) is 7.23. The van der Waals surface area contributed by atoms with Crippen LogP contribution in [0.15, 0.2) is 0 Å². The summed E-state index contributed by atoms with van der Waals surface area (Å²) in [6.45, 7) is 11.6. The van der Waals surface area contributed by atoms with Crippen LogP contribution >= 0.6 is 0 Å².